The molecule has 0 aromatic carbocycles. The molecule has 1 amide bonds. The molecule has 2 N–H and O–H groups in total. The molecule has 110 valence electrons. The molecule has 2 aliphatic rings. The lowest BCUT2D eigenvalue weighted by atomic mass is 10.2. The number of anilines is 1. The summed E-state index contributed by atoms with van der Waals surface area (Å²) in [5, 5.41) is 0.482. The average Bonchev–Trinajstić information content (AvgIpc) is 3.08. The van der Waals surface area contributed by atoms with Crippen LogP contribution >= 0.6 is 11.3 Å². The largest absolute Gasteiger partial charge is 0.375 e. The summed E-state index contributed by atoms with van der Waals surface area (Å²) in [6.45, 7) is 5.52. The SMILES string of the molecule is Cc1nc(N)sc1C(=O)N1CCN(C2CCCC2)CC1. The Bertz CT molecular complexity index is 487. The minimum atomic E-state index is 0.0998. The maximum absolute atomic E-state index is 12.5. The standard InChI is InChI=1S/C14H22N4OS/c1-10-12(20-14(15)16-10)13(19)18-8-6-17(7-9-18)11-4-2-3-5-11/h11H,2-9H2,1H3,(H2,15,16). The van der Waals surface area contributed by atoms with Gasteiger partial charge in [0.15, 0.2) is 5.13 Å². The molecule has 2 fully saturated rings. The van der Waals surface area contributed by atoms with E-state index in [4.69, 9.17) is 5.73 Å². The van der Waals surface area contributed by atoms with Crippen molar-refractivity contribution in [3.63, 3.8) is 0 Å². The van der Waals surface area contributed by atoms with Gasteiger partial charge in [0.25, 0.3) is 5.91 Å². The summed E-state index contributed by atoms with van der Waals surface area (Å²) in [7, 11) is 0. The van der Waals surface area contributed by atoms with E-state index in [0.717, 1.165) is 37.9 Å². The van der Waals surface area contributed by atoms with Gasteiger partial charge in [0.05, 0.1) is 5.69 Å². The van der Waals surface area contributed by atoms with Gasteiger partial charge >= 0.3 is 0 Å². The molecule has 1 aliphatic carbocycles. The number of hydrogen-bond donors (Lipinski definition) is 1. The fraction of sp³-hybridized carbons (Fsp3) is 0.714. The molecule has 0 atom stereocenters. The maximum Gasteiger partial charge on any atom is 0.266 e. The Morgan fingerprint density at radius 3 is 2.45 bits per heavy atom. The van der Waals surface area contributed by atoms with Crippen molar-refractivity contribution >= 4 is 22.4 Å². The van der Waals surface area contributed by atoms with Gasteiger partial charge in [0.2, 0.25) is 0 Å². The molecule has 1 aliphatic heterocycles. The molecule has 1 aromatic rings. The Morgan fingerprint density at radius 2 is 1.90 bits per heavy atom. The van der Waals surface area contributed by atoms with E-state index in [0.29, 0.717) is 10.0 Å². The summed E-state index contributed by atoms with van der Waals surface area (Å²) in [5.74, 6) is 0.0998. The first-order valence-electron chi connectivity index (χ1n) is 7.41. The zero-order chi connectivity index (χ0) is 14.1. The second-order valence-corrected chi connectivity index (χ2v) is 6.76. The summed E-state index contributed by atoms with van der Waals surface area (Å²) in [6.07, 6.45) is 5.39. The van der Waals surface area contributed by atoms with Crippen LogP contribution in [0.25, 0.3) is 0 Å². The van der Waals surface area contributed by atoms with E-state index in [9.17, 15) is 4.79 Å². The molecular weight excluding hydrogens is 272 g/mol. The summed E-state index contributed by atoms with van der Waals surface area (Å²) in [6, 6.07) is 0.757. The molecule has 5 nitrogen and oxygen atoms in total. The first-order chi connectivity index (χ1) is 9.65. The zero-order valence-corrected chi connectivity index (χ0v) is 12.8. The van der Waals surface area contributed by atoms with Gasteiger partial charge in [-0.1, -0.05) is 24.2 Å². The molecule has 2 heterocycles. The van der Waals surface area contributed by atoms with Crippen LogP contribution in [0.4, 0.5) is 5.13 Å². The number of piperazine rings is 1. The van der Waals surface area contributed by atoms with E-state index < -0.39 is 0 Å². The lowest BCUT2D eigenvalue weighted by Crippen LogP contribution is -2.51. The lowest BCUT2D eigenvalue weighted by Gasteiger charge is -2.37. The van der Waals surface area contributed by atoms with Gasteiger partial charge in [-0.3, -0.25) is 9.69 Å². The number of nitrogens with two attached hydrogens (primary N) is 1. The highest BCUT2D eigenvalue weighted by Gasteiger charge is 2.29. The third-order valence-corrected chi connectivity index (χ3v) is 5.42. The van der Waals surface area contributed by atoms with Crippen LogP contribution in [0.1, 0.15) is 41.0 Å². The van der Waals surface area contributed by atoms with Gasteiger partial charge in [-0.05, 0) is 19.8 Å². The van der Waals surface area contributed by atoms with E-state index >= 15 is 0 Å². The van der Waals surface area contributed by atoms with Gasteiger partial charge in [-0.15, -0.1) is 0 Å². The van der Waals surface area contributed by atoms with Crippen LogP contribution in [0.2, 0.25) is 0 Å². The molecule has 20 heavy (non-hydrogen) atoms. The third kappa shape index (κ3) is 2.67. The minimum Gasteiger partial charge on any atom is -0.375 e. The Hall–Kier alpha value is -1.14. The van der Waals surface area contributed by atoms with Crippen LogP contribution in [0, 0.1) is 6.92 Å². The predicted molar refractivity (Wildman–Crippen MR) is 81.0 cm³/mol. The number of aromatic nitrogens is 1. The molecule has 0 unspecified atom stereocenters. The van der Waals surface area contributed by atoms with E-state index in [1.807, 2.05) is 11.8 Å². The first kappa shape index (κ1) is 13.8. The van der Waals surface area contributed by atoms with Crippen molar-refractivity contribution in [2.45, 2.75) is 38.6 Å². The van der Waals surface area contributed by atoms with E-state index in [1.165, 1.54) is 37.0 Å². The Labute approximate surface area is 123 Å². The molecule has 1 saturated heterocycles. The second kappa shape index (κ2) is 5.69. The lowest BCUT2D eigenvalue weighted by molar-refractivity contribution is 0.0577. The Kier molecular flexibility index (Phi) is 3.94. The van der Waals surface area contributed by atoms with Gasteiger partial charge in [-0.2, -0.15) is 0 Å². The number of carbonyl (C=O) groups excluding carboxylic acids is 1. The highest BCUT2D eigenvalue weighted by Crippen LogP contribution is 2.26. The van der Waals surface area contributed by atoms with E-state index in [1.54, 1.807) is 0 Å². The molecule has 0 spiro atoms. The first-order valence-corrected chi connectivity index (χ1v) is 8.23. The van der Waals surface area contributed by atoms with Crippen molar-refractivity contribution in [1.82, 2.24) is 14.8 Å². The quantitative estimate of drug-likeness (QED) is 0.902. The highest BCUT2D eigenvalue weighted by molar-refractivity contribution is 7.17. The number of nitrogen functional groups attached to an aromatic ring is 1. The fourth-order valence-corrected chi connectivity index (χ4v) is 4.12. The average molecular weight is 294 g/mol. The van der Waals surface area contributed by atoms with Crippen LogP contribution in [0.3, 0.4) is 0 Å². The predicted octanol–water partition coefficient (Wildman–Crippen LogP) is 1.73. The van der Waals surface area contributed by atoms with Crippen LogP contribution in [0.15, 0.2) is 0 Å². The molecule has 6 heteroatoms. The number of thiazole rings is 1. The molecule has 1 aromatic heterocycles. The summed E-state index contributed by atoms with van der Waals surface area (Å²) in [5.41, 5.74) is 6.44. The van der Waals surface area contributed by atoms with E-state index in [-0.39, 0.29) is 5.91 Å². The molecule has 0 bridgehead atoms. The monoisotopic (exact) mass is 294 g/mol. The fourth-order valence-electron chi connectivity index (χ4n) is 3.32. The Morgan fingerprint density at radius 1 is 1.25 bits per heavy atom. The van der Waals surface area contributed by atoms with Crippen LogP contribution in [-0.2, 0) is 0 Å². The summed E-state index contributed by atoms with van der Waals surface area (Å²) in [4.78, 5) is 21.8. The molecular formula is C14H22N4OS. The highest BCUT2D eigenvalue weighted by atomic mass is 32.1. The van der Waals surface area contributed by atoms with Crippen molar-refractivity contribution in [2.24, 2.45) is 0 Å². The maximum atomic E-state index is 12.5. The third-order valence-electron chi connectivity index (χ3n) is 4.45. The zero-order valence-electron chi connectivity index (χ0n) is 12.0. The molecule has 3 rings (SSSR count). The van der Waals surface area contributed by atoms with Gasteiger partial charge in [0.1, 0.15) is 4.88 Å². The number of aryl methyl sites for hydroxylation is 1. The van der Waals surface area contributed by atoms with Crippen LogP contribution < -0.4 is 5.73 Å². The molecule has 0 radical (unpaired) electrons. The van der Waals surface area contributed by atoms with Crippen molar-refractivity contribution in [2.75, 3.05) is 31.9 Å². The number of hydrogen-bond acceptors (Lipinski definition) is 5. The van der Waals surface area contributed by atoms with Crippen molar-refractivity contribution in [3.05, 3.63) is 10.6 Å². The topological polar surface area (TPSA) is 62.5 Å². The summed E-state index contributed by atoms with van der Waals surface area (Å²) >= 11 is 1.30. The van der Waals surface area contributed by atoms with Crippen molar-refractivity contribution < 1.29 is 4.79 Å². The van der Waals surface area contributed by atoms with Gasteiger partial charge < -0.3 is 10.6 Å². The number of carbonyl (C=O) groups is 1. The minimum absolute atomic E-state index is 0.0998. The Balaban J connectivity index is 1.60. The van der Waals surface area contributed by atoms with Crippen LogP contribution in [0.5, 0.6) is 0 Å². The second-order valence-electron chi connectivity index (χ2n) is 5.73. The van der Waals surface area contributed by atoms with Gasteiger partial charge in [0, 0.05) is 32.2 Å². The summed E-state index contributed by atoms with van der Waals surface area (Å²) < 4.78 is 0. The smallest absolute Gasteiger partial charge is 0.266 e. The number of nitrogens with zero attached hydrogens (tertiary/aromatic N) is 3. The van der Waals surface area contributed by atoms with Gasteiger partial charge in [-0.25, -0.2) is 4.98 Å². The van der Waals surface area contributed by atoms with Crippen molar-refractivity contribution in [3.8, 4) is 0 Å². The normalized spacial score (nSPS) is 21.6. The van der Waals surface area contributed by atoms with Crippen molar-refractivity contribution in [1.29, 1.82) is 0 Å². The van der Waals surface area contributed by atoms with Crippen LogP contribution in [-0.4, -0.2) is 52.9 Å². The molecule has 1 saturated carbocycles. The number of rotatable bonds is 2. The number of amides is 1. The van der Waals surface area contributed by atoms with E-state index in [2.05, 4.69) is 9.88 Å².